The van der Waals surface area contributed by atoms with Crippen molar-refractivity contribution in [3.63, 3.8) is 0 Å². The number of benzene rings is 1. The molecular formula is C13H20N2O2. The Balaban J connectivity index is 2.72. The largest absolute Gasteiger partial charge is 0.491 e. The number of carbonyl (C=O) groups excluding carboxylic acids is 1. The summed E-state index contributed by atoms with van der Waals surface area (Å²) in [7, 11) is 0. The highest BCUT2D eigenvalue weighted by Gasteiger charge is 2.13. The van der Waals surface area contributed by atoms with Crippen molar-refractivity contribution in [2.75, 3.05) is 11.9 Å². The summed E-state index contributed by atoms with van der Waals surface area (Å²) in [5, 5.41) is 2.78. The van der Waals surface area contributed by atoms with Crippen LogP contribution in [0.25, 0.3) is 0 Å². The second-order valence-corrected chi connectivity index (χ2v) is 3.85. The van der Waals surface area contributed by atoms with E-state index in [-0.39, 0.29) is 5.91 Å². The van der Waals surface area contributed by atoms with Gasteiger partial charge in [0.15, 0.2) is 0 Å². The molecule has 0 aliphatic carbocycles. The molecule has 0 bridgehead atoms. The minimum atomic E-state index is -0.478. The van der Waals surface area contributed by atoms with Gasteiger partial charge in [-0.15, -0.1) is 0 Å². The summed E-state index contributed by atoms with van der Waals surface area (Å²) in [6.07, 6.45) is 1.54. The number of ether oxygens (including phenoxy) is 1. The van der Waals surface area contributed by atoms with Gasteiger partial charge in [-0.25, -0.2) is 0 Å². The Morgan fingerprint density at radius 1 is 1.41 bits per heavy atom. The van der Waals surface area contributed by atoms with Crippen LogP contribution in [0.3, 0.4) is 0 Å². The van der Waals surface area contributed by atoms with E-state index in [0.717, 1.165) is 6.42 Å². The van der Waals surface area contributed by atoms with Gasteiger partial charge in [-0.1, -0.05) is 26.0 Å². The first-order valence-electron chi connectivity index (χ1n) is 5.97. The molecule has 0 saturated carbocycles. The molecule has 0 fully saturated rings. The number of anilines is 1. The minimum absolute atomic E-state index is 0.181. The van der Waals surface area contributed by atoms with Crippen LogP contribution in [0.4, 0.5) is 5.69 Å². The highest BCUT2D eigenvalue weighted by Crippen LogP contribution is 2.23. The van der Waals surface area contributed by atoms with Crippen LogP contribution >= 0.6 is 0 Å². The van der Waals surface area contributed by atoms with Crippen molar-refractivity contribution in [2.45, 2.75) is 32.7 Å². The maximum Gasteiger partial charge on any atom is 0.241 e. The van der Waals surface area contributed by atoms with E-state index >= 15 is 0 Å². The van der Waals surface area contributed by atoms with Crippen LogP contribution in [0.15, 0.2) is 24.3 Å². The van der Waals surface area contributed by atoms with E-state index in [4.69, 9.17) is 10.5 Å². The summed E-state index contributed by atoms with van der Waals surface area (Å²) < 4.78 is 5.55. The van der Waals surface area contributed by atoms with E-state index in [2.05, 4.69) is 5.32 Å². The van der Waals surface area contributed by atoms with Gasteiger partial charge in [0.2, 0.25) is 5.91 Å². The molecule has 0 heterocycles. The van der Waals surface area contributed by atoms with E-state index < -0.39 is 6.04 Å². The lowest BCUT2D eigenvalue weighted by molar-refractivity contribution is -0.117. The maximum atomic E-state index is 11.7. The van der Waals surface area contributed by atoms with Gasteiger partial charge in [-0.2, -0.15) is 0 Å². The molecule has 4 nitrogen and oxygen atoms in total. The normalized spacial score (nSPS) is 11.9. The zero-order valence-corrected chi connectivity index (χ0v) is 10.4. The molecule has 1 unspecified atom stereocenters. The number of rotatable bonds is 6. The molecule has 0 aliphatic heterocycles. The zero-order chi connectivity index (χ0) is 12.7. The zero-order valence-electron chi connectivity index (χ0n) is 10.4. The molecule has 1 aromatic rings. The fraction of sp³-hybridized carbons (Fsp3) is 0.462. The first-order valence-corrected chi connectivity index (χ1v) is 5.97. The van der Waals surface area contributed by atoms with Crippen LogP contribution in [0.5, 0.6) is 5.75 Å². The standard InChI is InChI=1S/C13H20N2O2/c1-3-9-17-12-8-6-5-7-11(12)15-13(16)10(14)4-2/h5-8,10H,3-4,9,14H2,1-2H3,(H,15,16). The maximum absolute atomic E-state index is 11.7. The smallest absolute Gasteiger partial charge is 0.241 e. The molecule has 0 radical (unpaired) electrons. The third-order valence-electron chi connectivity index (χ3n) is 2.38. The lowest BCUT2D eigenvalue weighted by Crippen LogP contribution is -2.34. The molecule has 4 heteroatoms. The van der Waals surface area contributed by atoms with Gasteiger partial charge < -0.3 is 15.8 Å². The summed E-state index contributed by atoms with van der Waals surface area (Å²) in [4.78, 5) is 11.7. The van der Waals surface area contributed by atoms with Gasteiger partial charge in [0.05, 0.1) is 18.3 Å². The fourth-order valence-electron chi connectivity index (χ4n) is 1.32. The Bertz CT molecular complexity index is 366. The third kappa shape index (κ3) is 4.07. The molecule has 0 aromatic heterocycles. The van der Waals surface area contributed by atoms with Gasteiger partial charge in [0.25, 0.3) is 0 Å². The number of nitrogens with two attached hydrogens (primary N) is 1. The summed E-state index contributed by atoms with van der Waals surface area (Å²) >= 11 is 0. The lowest BCUT2D eigenvalue weighted by Gasteiger charge is -2.14. The van der Waals surface area contributed by atoms with Gasteiger partial charge in [-0.3, -0.25) is 4.79 Å². The van der Waals surface area contributed by atoms with Crippen molar-refractivity contribution in [3.8, 4) is 5.75 Å². The number of carbonyl (C=O) groups is 1. The molecule has 0 saturated heterocycles. The summed E-state index contributed by atoms with van der Waals surface area (Å²) in [6.45, 7) is 4.55. The third-order valence-corrected chi connectivity index (χ3v) is 2.38. The van der Waals surface area contributed by atoms with Crippen molar-refractivity contribution in [2.24, 2.45) is 5.73 Å². The van der Waals surface area contributed by atoms with Crippen LogP contribution in [-0.4, -0.2) is 18.6 Å². The van der Waals surface area contributed by atoms with Crippen molar-refractivity contribution in [1.29, 1.82) is 0 Å². The summed E-state index contributed by atoms with van der Waals surface area (Å²) in [5.74, 6) is 0.506. The number of amides is 1. The Morgan fingerprint density at radius 3 is 2.76 bits per heavy atom. The van der Waals surface area contributed by atoms with E-state index in [1.165, 1.54) is 0 Å². The first-order chi connectivity index (χ1) is 8.19. The average Bonchev–Trinajstić information content (AvgIpc) is 2.36. The predicted octanol–water partition coefficient (Wildman–Crippen LogP) is 2.15. The lowest BCUT2D eigenvalue weighted by atomic mass is 10.2. The molecular weight excluding hydrogens is 216 g/mol. The van der Waals surface area contributed by atoms with E-state index in [1.54, 1.807) is 0 Å². The Hall–Kier alpha value is -1.55. The molecule has 3 N–H and O–H groups in total. The van der Waals surface area contributed by atoms with Gasteiger partial charge in [-0.05, 0) is 25.0 Å². The van der Waals surface area contributed by atoms with Crippen molar-refractivity contribution in [3.05, 3.63) is 24.3 Å². The molecule has 1 amide bonds. The fourth-order valence-corrected chi connectivity index (χ4v) is 1.32. The number of para-hydroxylation sites is 2. The van der Waals surface area contributed by atoms with Crippen LogP contribution < -0.4 is 15.8 Å². The average molecular weight is 236 g/mol. The molecule has 1 aromatic carbocycles. The molecule has 17 heavy (non-hydrogen) atoms. The molecule has 1 rings (SSSR count). The van der Waals surface area contributed by atoms with Crippen molar-refractivity contribution in [1.82, 2.24) is 0 Å². The monoisotopic (exact) mass is 236 g/mol. The number of hydrogen-bond donors (Lipinski definition) is 2. The Kier molecular flexibility index (Phi) is 5.49. The highest BCUT2D eigenvalue weighted by atomic mass is 16.5. The second-order valence-electron chi connectivity index (χ2n) is 3.85. The van der Waals surface area contributed by atoms with Gasteiger partial charge in [0, 0.05) is 0 Å². The predicted molar refractivity (Wildman–Crippen MR) is 69.1 cm³/mol. The molecule has 0 aliphatic rings. The topological polar surface area (TPSA) is 64.3 Å². The van der Waals surface area contributed by atoms with Crippen LogP contribution in [0.1, 0.15) is 26.7 Å². The molecule has 94 valence electrons. The Labute approximate surface area is 102 Å². The minimum Gasteiger partial charge on any atom is -0.491 e. The van der Waals surface area contributed by atoms with Crippen LogP contribution in [-0.2, 0) is 4.79 Å². The SMILES string of the molecule is CCCOc1ccccc1NC(=O)C(N)CC. The molecule has 0 spiro atoms. The van der Waals surface area contributed by atoms with E-state index in [1.807, 2.05) is 38.1 Å². The number of hydrogen-bond acceptors (Lipinski definition) is 3. The first kappa shape index (κ1) is 13.5. The van der Waals surface area contributed by atoms with Gasteiger partial charge >= 0.3 is 0 Å². The summed E-state index contributed by atoms with van der Waals surface area (Å²) in [6, 6.07) is 6.90. The quantitative estimate of drug-likeness (QED) is 0.795. The van der Waals surface area contributed by atoms with Crippen LogP contribution in [0.2, 0.25) is 0 Å². The van der Waals surface area contributed by atoms with Crippen LogP contribution in [0, 0.1) is 0 Å². The van der Waals surface area contributed by atoms with E-state index in [9.17, 15) is 4.79 Å². The van der Waals surface area contributed by atoms with E-state index in [0.29, 0.717) is 24.5 Å². The second kappa shape index (κ2) is 6.91. The Morgan fingerprint density at radius 2 is 2.12 bits per heavy atom. The molecule has 1 atom stereocenters. The number of nitrogens with one attached hydrogen (secondary N) is 1. The van der Waals surface area contributed by atoms with Gasteiger partial charge in [0.1, 0.15) is 5.75 Å². The van der Waals surface area contributed by atoms with Crippen molar-refractivity contribution < 1.29 is 9.53 Å². The highest BCUT2D eigenvalue weighted by molar-refractivity contribution is 5.95. The van der Waals surface area contributed by atoms with Crippen molar-refractivity contribution >= 4 is 11.6 Å². The summed E-state index contributed by atoms with van der Waals surface area (Å²) in [5.41, 5.74) is 6.34.